The van der Waals surface area contributed by atoms with Crippen molar-refractivity contribution in [2.75, 3.05) is 10.4 Å². The smallest absolute Gasteiger partial charge is 0.265 e. The molecule has 32 heavy (non-hydrogen) atoms. The molecule has 0 atom stereocenters. The van der Waals surface area contributed by atoms with E-state index in [1.165, 1.54) is 27.7 Å². The number of halogens is 1. The van der Waals surface area contributed by atoms with Crippen molar-refractivity contribution in [3.8, 4) is 11.3 Å². The molecule has 1 amide bonds. The number of carbonyl (C=O) groups is 1. The summed E-state index contributed by atoms with van der Waals surface area (Å²) in [6.07, 6.45) is 0. The van der Waals surface area contributed by atoms with Crippen LogP contribution in [0.15, 0.2) is 76.2 Å². The Bertz CT molecular complexity index is 1330. The van der Waals surface area contributed by atoms with Crippen LogP contribution in [0.5, 0.6) is 0 Å². The summed E-state index contributed by atoms with van der Waals surface area (Å²) in [4.78, 5) is 23.0. The fraction of sp³-hybridized carbons (Fsp3) is 0.0455. The zero-order valence-corrected chi connectivity index (χ0v) is 19.1. The molecule has 0 fully saturated rings. The Labute approximate surface area is 196 Å². The maximum absolute atomic E-state index is 13.3. The molecular weight excluding hydrogens is 464 g/mol. The minimum absolute atomic E-state index is 0.177. The standard InChI is InChI=1S/C22H15ClN6OS2/c1-13-19(23)25-21(32-13)27-26-18-17(15-10-6-3-7-11-15)28-29(20(18)30)22-24-16(12-31-22)14-8-4-2-5-9-14/h2-12H,1H3,(H,25,27)/b26-18-. The normalized spacial score (nSPS) is 14.8. The van der Waals surface area contributed by atoms with Crippen LogP contribution in [0.1, 0.15) is 10.4 Å². The molecule has 5 rings (SSSR count). The first-order valence-corrected chi connectivity index (χ1v) is 11.6. The second-order valence-corrected chi connectivity index (χ2v) is 9.15. The summed E-state index contributed by atoms with van der Waals surface area (Å²) in [5.41, 5.74) is 6.01. The number of hydrogen-bond donors (Lipinski definition) is 1. The lowest BCUT2D eigenvalue weighted by Crippen LogP contribution is -2.28. The molecule has 0 aliphatic carbocycles. The third-order valence-electron chi connectivity index (χ3n) is 4.61. The van der Waals surface area contributed by atoms with Crippen molar-refractivity contribution >= 4 is 61.9 Å². The number of amides is 1. The largest absolute Gasteiger partial charge is 0.303 e. The lowest BCUT2D eigenvalue weighted by molar-refractivity contribution is -0.112. The van der Waals surface area contributed by atoms with Gasteiger partial charge >= 0.3 is 5.91 Å². The molecule has 158 valence electrons. The second-order valence-electron chi connectivity index (χ2n) is 6.75. The van der Waals surface area contributed by atoms with Crippen LogP contribution in [-0.2, 0) is 4.79 Å². The first kappa shape index (κ1) is 20.5. The average Bonchev–Trinajstić information content (AvgIpc) is 3.51. The molecule has 0 unspecified atom stereocenters. The Morgan fingerprint density at radius 3 is 2.34 bits per heavy atom. The molecule has 1 aliphatic rings. The molecule has 0 spiro atoms. The van der Waals surface area contributed by atoms with Crippen LogP contribution in [0.4, 0.5) is 10.3 Å². The van der Waals surface area contributed by atoms with Gasteiger partial charge in [0.25, 0.3) is 0 Å². The number of carbonyl (C=O) groups excluding carboxylic acids is 1. The van der Waals surface area contributed by atoms with E-state index in [0.29, 0.717) is 21.1 Å². The number of thiazole rings is 2. The first-order chi connectivity index (χ1) is 15.6. The topological polar surface area (TPSA) is 82.8 Å². The van der Waals surface area contributed by atoms with Crippen LogP contribution in [0, 0.1) is 6.92 Å². The Morgan fingerprint density at radius 1 is 1.00 bits per heavy atom. The molecule has 0 saturated heterocycles. The molecule has 4 aromatic rings. The highest BCUT2D eigenvalue weighted by Crippen LogP contribution is 2.30. The van der Waals surface area contributed by atoms with E-state index in [-0.39, 0.29) is 11.6 Å². The Morgan fingerprint density at radius 2 is 1.69 bits per heavy atom. The molecule has 7 nitrogen and oxygen atoms in total. The van der Waals surface area contributed by atoms with Crippen molar-refractivity contribution < 1.29 is 4.79 Å². The predicted molar refractivity (Wildman–Crippen MR) is 131 cm³/mol. The number of aryl methyl sites for hydroxylation is 1. The highest BCUT2D eigenvalue weighted by Gasteiger charge is 2.35. The number of hydrazone groups is 2. The Hall–Kier alpha value is -3.40. The van der Waals surface area contributed by atoms with Gasteiger partial charge in [0.2, 0.25) is 10.3 Å². The molecule has 0 saturated carbocycles. The van der Waals surface area contributed by atoms with Gasteiger partial charge in [-0.15, -0.1) is 11.3 Å². The van der Waals surface area contributed by atoms with Gasteiger partial charge in [-0.3, -0.25) is 10.2 Å². The van der Waals surface area contributed by atoms with Gasteiger partial charge in [-0.25, -0.2) is 9.97 Å². The summed E-state index contributed by atoms with van der Waals surface area (Å²) in [5, 5.41) is 13.5. The van der Waals surface area contributed by atoms with Gasteiger partial charge in [0.15, 0.2) is 5.71 Å². The molecule has 2 aromatic heterocycles. The SMILES string of the molecule is Cc1sc(N/N=C2\C(=O)N(c3nc(-c4ccccc4)cs3)N=C2c2ccccc2)nc1Cl. The molecular formula is C22H15ClN6OS2. The zero-order valence-electron chi connectivity index (χ0n) is 16.7. The number of benzene rings is 2. The van der Waals surface area contributed by atoms with Crippen molar-refractivity contribution in [2.45, 2.75) is 6.92 Å². The van der Waals surface area contributed by atoms with Gasteiger partial charge in [-0.05, 0) is 6.92 Å². The second kappa shape index (κ2) is 8.62. The highest BCUT2D eigenvalue weighted by atomic mass is 35.5. The number of aromatic nitrogens is 2. The van der Waals surface area contributed by atoms with Crippen LogP contribution in [-0.4, -0.2) is 27.3 Å². The van der Waals surface area contributed by atoms with Crippen molar-refractivity contribution in [2.24, 2.45) is 10.2 Å². The molecule has 1 N–H and O–H groups in total. The van der Waals surface area contributed by atoms with Crippen LogP contribution >= 0.6 is 34.3 Å². The number of anilines is 2. The summed E-state index contributed by atoms with van der Waals surface area (Å²) in [5.74, 6) is -0.371. The number of rotatable bonds is 5. The third-order valence-corrected chi connectivity index (χ3v) is 6.78. The van der Waals surface area contributed by atoms with E-state index in [1.807, 2.05) is 73.0 Å². The Balaban J connectivity index is 1.51. The van der Waals surface area contributed by atoms with Crippen molar-refractivity contribution in [1.82, 2.24) is 9.97 Å². The van der Waals surface area contributed by atoms with Crippen LogP contribution in [0.3, 0.4) is 0 Å². The van der Waals surface area contributed by atoms with E-state index in [4.69, 9.17) is 11.6 Å². The summed E-state index contributed by atoms with van der Waals surface area (Å²) in [7, 11) is 0. The lowest BCUT2D eigenvalue weighted by atomic mass is 10.1. The Kier molecular flexibility index (Phi) is 5.52. The number of nitrogens with one attached hydrogen (secondary N) is 1. The fourth-order valence-corrected chi connectivity index (χ4v) is 4.73. The summed E-state index contributed by atoms with van der Waals surface area (Å²) < 4.78 is 0. The first-order valence-electron chi connectivity index (χ1n) is 9.56. The van der Waals surface area contributed by atoms with E-state index >= 15 is 0 Å². The van der Waals surface area contributed by atoms with Crippen LogP contribution in [0.25, 0.3) is 11.3 Å². The van der Waals surface area contributed by atoms with Gasteiger partial charge in [-0.2, -0.15) is 15.2 Å². The quantitative estimate of drug-likeness (QED) is 0.387. The van der Waals surface area contributed by atoms with Gasteiger partial charge in [0, 0.05) is 21.4 Å². The maximum atomic E-state index is 13.3. The van der Waals surface area contributed by atoms with Crippen molar-refractivity contribution in [3.63, 3.8) is 0 Å². The number of hydrogen-bond acceptors (Lipinski definition) is 8. The van der Waals surface area contributed by atoms with E-state index < -0.39 is 0 Å². The highest BCUT2D eigenvalue weighted by molar-refractivity contribution is 7.16. The van der Waals surface area contributed by atoms with Crippen LogP contribution in [0.2, 0.25) is 5.15 Å². The summed E-state index contributed by atoms with van der Waals surface area (Å²) in [6, 6.07) is 19.2. The van der Waals surface area contributed by atoms with Gasteiger partial charge < -0.3 is 0 Å². The third kappa shape index (κ3) is 3.93. The fourth-order valence-electron chi connectivity index (χ4n) is 3.05. The van der Waals surface area contributed by atoms with E-state index in [0.717, 1.165) is 21.7 Å². The van der Waals surface area contributed by atoms with E-state index in [2.05, 4.69) is 25.6 Å². The molecule has 0 radical (unpaired) electrons. The molecule has 10 heteroatoms. The summed E-state index contributed by atoms with van der Waals surface area (Å²) in [6.45, 7) is 1.87. The lowest BCUT2D eigenvalue weighted by Gasteiger charge is -2.06. The minimum atomic E-state index is -0.371. The monoisotopic (exact) mass is 478 g/mol. The number of nitrogens with zero attached hydrogens (tertiary/aromatic N) is 5. The van der Waals surface area contributed by atoms with E-state index in [1.54, 1.807) is 0 Å². The van der Waals surface area contributed by atoms with Crippen molar-refractivity contribution in [1.29, 1.82) is 0 Å². The summed E-state index contributed by atoms with van der Waals surface area (Å²) >= 11 is 8.75. The van der Waals surface area contributed by atoms with Gasteiger partial charge in [0.1, 0.15) is 10.9 Å². The predicted octanol–water partition coefficient (Wildman–Crippen LogP) is 5.45. The minimum Gasteiger partial charge on any atom is -0.265 e. The molecule has 1 aliphatic heterocycles. The average molecular weight is 479 g/mol. The van der Waals surface area contributed by atoms with E-state index in [9.17, 15) is 4.79 Å². The molecule has 3 heterocycles. The molecule has 0 bridgehead atoms. The van der Waals surface area contributed by atoms with Gasteiger partial charge in [0.05, 0.1) is 5.69 Å². The zero-order chi connectivity index (χ0) is 22.1. The molecule has 2 aromatic carbocycles. The van der Waals surface area contributed by atoms with Crippen molar-refractivity contribution in [3.05, 3.63) is 81.6 Å². The van der Waals surface area contributed by atoms with Crippen LogP contribution < -0.4 is 10.4 Å². The maximum Gasteiger partial charge on any atom is 0.303 e. The van der Waals surface area contributed by atoms with Gasteiger partial charge in [-0.1, -0.05) is 83.6 Å².